The molecule has 2 rings (SSSR count). The average molecular weight is 447 g/mol. The van der Waals surface area contributed by atoms with Crippen molar-refractivity contribution in [2.75, 3.05) is 6.61 Å². The summed E-state index contributed by atoms with van der Waals surface area (Å²) >= 11 is 0. The molecular formula is C25H35FN2O4. The van der Waals surface area contributed by atoms with E-state index in [1.165, 1.54) is 29.0 Å². The van der Waals surface area contributed by atoms with Gasteiger partial charge in [-0.05, 0) is 56.2 Å². The summed E-state index contributed by atoms with van der Waals surface area (Å²) in [5.74, 6) is -0.342. The van der Waals surface area contributed by atoms with Crippen LogP contribution in [-0.4, -0.2) is 22.1 Å². The van der Waals surface area contributed by atoms with Crippen molar-refractivity contribution in [1.82, 2.24) is 9.55 Å². The van der Waals surface area contributed by atoms with Gasteiger partial charge in [0.2, 0.25) is 0 Å². The SMILES string of the molecule is CCCC(C)(C(=O)OCCCCCCn1cc(-c2cccc(F)c2)c(=O)[nH]c1=O)C(C)C. The van der Waals surface area contributed by atoms with Crippen molar-refractivity contribution >= 4 is 5.97 Å². The van der Waals surface area contributed by atoms with E-state index in [1.807, 2.05) is 6.92 Å². The van der Waals surface area contributed by atoms with Crippen molar-refractivity contribution in [3.05, 3.63) is 57.1 Å². The smallest absolute Gasteiger partial charge is 0.328 e. The molecule has 0 aliphatic carbocycles. The molecule has 0 saturated carbocycles. The van der Waals surface area contributed by atoms with Crippen LogP contribution in [0.3, 0.4) is 0 Å². The third kappa shape index (κ3) is 6.65. The standard InChI is InChI=1S/C25H35FN2O4/c1-5-13-25(4,18(2)3)23(30)32-15-9-7-6-8-14-28-17-21(22(29)27-24(28)31)19-11-10-12-20(26)16-19/h10-12,16-18H,5-9,13-15H2,1-4H3,(H,27,29,31). The largest absolute Gasteiger partial charge is 0.465 e. The Morgan fingerprint density at radius 1 is 1.19 bits per heavy atom. The van der Waals surface area contributed by atoms with Crippen LogP contribution >= 0.6 is 0 Å². The fourth-order valence-corrected chi connectivity index (χ4v) is 3.75. The third-order valence-corrected chi connectivity index (χ3v) is 6.18. The Morgan fingerprint density at radius 3 is 2.56 bits per heavy atom. The average Bonchev–Trinajstić information content (AvgIpc) is 2.74. The van der Waals surface area contributed by atoms with Crippen LogP contribution in [0.1, 0.15) is 66.2 Å². The van der Waals surface area contributed by atoms with E-state index < -0.39 is 22.5 Å². The van der Waals surface area contributed by atoms with Crippen molar-refractivity contribution in [1.29, 1.82) is 0 Å². The van der Waals surface area contributed by atoms with Gasteiger partial charge in [-0.2, -0.15) is 0 Å². The summed E-state index contributed by atoms with van der Waals surface area (Å²) in [4.78, 5) is 39.0. The number of aryl methyl sites for hydroxylation is 1. The maximum absolute atomic E-state index is 13.5. The molecule has 0 bridgehead atoms. The summed E-state index contributed by atoms with van der Waals surface area (Å²) in [5.41, 5.74) is -0.767. The van der Waals surface area contributed by atoms with Crippen LogP contribution in [0.5, 0.6) is 0 Å². The molecule has 0 saturated heterocycles. The minimum absolute atomic E-state index is 0.126. The fourth-order valence-electron chi connectivity index (χ4n) is 3.75. The first-order valence-corrected chi connectivity index (χ1v) is 11.5. The van der Waals surface area contributed by atoms with Gasteiger partial charge < -0.3 is 4.74 Å². The van der Waals surface area contributed by atoms with Gasteiger partial charge in [0.05, 0.1) is 17.6 Å². The minimum atomic E-state index is -0.532. The second-order valence-corrected chi connectivity index (χ2v) is 8.88. The van der Waals surface area contributed by atoms with Gasteiger partial charge in [0.1, 0.15) is 5.82 Å². The number of hydrogen-bond acceptors (Lipinski definition) is 4. The van der Waals surface area contributed by atoms with Crippen molar-refractivity contribution in [2.45, 2.75) is 72.8 Å². The Morgan fingerprint density at radius 2 is 1.91 bits per heavy atom. The molecule has 176 valence electrons. The highest BCUT2D eigenvalue weighted by Gasteiger charge is 2.37. The summed E-state index contributed by atoms with van der Waals surface area (Å²) in [7, 11) is 0. The van der Waals surface area contributed by atoms with Crippen LogP contribution in [0.25, 0.3) is 11.1 Å². The summed E-state index contributed by atoms with van der Waals surface area (Å²) in [5, 5.41) is 0. The Kier molecular flexibility index (Phi) is 9.42. The first-order valence-electron chi connectivity index (χ1n) is 11.5. The molecule has 7 heteroatoms. The molecule has 0 fully saturated rings. The molecule has 2 aromatic rings. The number of nitrogens with zero attached hydrogens (tertiary/aromatic N) is 1. The van der Waals surface area contributed by atoms with Gasteiger partial charge in [0.15, 0.2) is 0 Å². The van der Waals surface area contributed by atoms with Crippen molar-refractivity contribution in [3.8, 4) is 11.1 Å². The molecule has 1 aromatic heterocycles. The van der Waals surface area contributed by atoms with E-state index in [0.717, 1.165) is 38.5 Å². The zero-order valence-corrected chi connectivity index (χ0v) is 19.6. The first-order chi connectivity index (χ1) is 15.2. The number of benzene rings is 1. The number of aromatic amines is 1. The lowest BCUT2D eigenvalue weighted by molar-refractivity contribution is -0.158. The predicted molar refractivity (Wildman–Crippen MR) is 124 cm³/mol. The predicted octanol–water partition coefficient (Wildman–Crippen LogP) is 4.91. The summed E-state index contributed by atoms with van der Waals surface area (Å²) in [6, 6.07) is 5.73. The highest BCUT2D eigenvalue weighted by molar-refractivity contribution is 5.76. The molecule has 0 spiro atoms. The molecule has 1 heterocycles. The minimum Gasteiger partial charge on any atom is -0.465 e. The number of aromatic nitrogens is 2. The number of rotatable bonds is 12. The normalized spacial score (nSPS) is 13.2. The van der Waals surface area contributed by atoms with Crippen LogP contribution in [0.15, 0.2) is 40.1 Å². The molecule has 0 radical (unpaired) electrons. The molecule has 1 N–H and O–H groups in total. The number of carbonyl (C=O) groups is 1. The lowest BCUT2D eigenvalue weighted by Gasteiger charge is -2.31. The number of carbonyl (C=O) groups excluding carboxylic acids is 1. The molecule has 1 atom stereocenters. The van der Waals surface area contributed by atoms with Crippen LogP contribution < -0.4 is 11.2 Å². The van der Waals surface area contributed by atoms with E-state index in [9.17, 15) is 18.8 Å². The Labute approximate surface area is 188 Å². The molecule has 6 nitrogen and oxygen atoms in total. The first kappa shape index (κ1) is 25.6. The maximum atomic E-state index is 13.5. The van der Waals surface area contributed by atoms with Gasteiger partial charge in [-0.3, -0.25) is 19.1 Å². The zero-order valence-electron chi connectivity index (χ0n) is 19.6. The van der Waals surface area contributed by atoms with Crippen molar-refractivity contribution in [2.24, 2.45) is 11.3 Å². The molecule has 1 aromatic carbocycles. The molecule has 0 aliphatic rings. The van der Waals surface area contributed by atoms with E-state index in [4.69, 9.17) is 4.74 Å². The molecule has 0 aliphatic heterocycles. The number of ether oxygens (including phenoxy) is 1. The van der Waals surface area contributed by atoms with E-state index in [-0.39, 0.29) is 17.5 Å². The van der Waals surface area contributed by atoms with E-state index >= 15 is 0 Å². The van der Waals surface area contributed by atoms with Crippen LogP contribution in [-0.2, 0) is 16.1 Å². The third-order valence-electron chi connectivity index (χ3n) is 6.18. The number of halogens is 1. The van der Waals surface area contributed by atoms with Gasteiger partial charge in [-0.15, -0.1) is 0 Å². The highest BCUT2D eigenvalue weighted by Crippen LogP contribution is 2.33. The number of esters is 1. The lowest BCUT2D eigenvalue weighted by atomic mass is 9.75. The van der Waals surface area contributed by atoms with Gasteiger partial charge in [0, 0.05) is 12.7 Å². The Bertz CT molecular complexity index is 1010. The van der Waals surface area contributed by atoms with Gasteiger partial charge in [-0.1, -0.05) is 45.7 Å². The topological polar surface area (TPSA) is 81.2 Å². The number of hydrogen-bond donors (Lipinski definition) is 1. The number of nitrogens with one attached hydrogen (secondary N) is 1. The molecular weight excluding hydrogens is 411 g/mol. The Balaban J connectivity index is 1.82. The Hall–Kier alpha value is -2.70. The number of H-pyrrole nitrogens is 1. The summed E-state index contributed by atoms with van der Waals surface area (Å²) < 4.78 is 20.5. The highest BCUT2D eigenvalue weighted by atomic mass is 19.1. The van der Waals surface area contributed by atoms with Gasteiger partial charge in [-0.25, -0.2) is 9.18 Å². The monoisotopic (exact) mass is 446 g/mol. The van der Waals surface area contributed by atoms with Crippen LogP contribution in [0.4, 0.5) is 4.39 Å². The van der Waals surface area contributed by atoms with Crippen LogP contribution in [0.2, 0.25) is 0 Å². The maximum Gasteiger partial charge on any atom is 0.328 e. The quantitative estimate of drug-likeness (QED) is 0.371. The van der Waals surface area contributed by atoms with Crippen molar-refractivity contribution in [3.63, 3.8) is 0 Å². The van der Waals surface area contributed by atoms with E-state index in [1.54, 1.807) is 6.07 Å². The lowest BCUT2D eigenvalue weighted by Crippen LogP contribution is -2.35. The number of unbranched alkanes of at least 4 members (excludes halogenated alkanes) is 3. The summed E-state index contributed by atoms with van der Waals surface area (Å²) in [6.07, 6.45) is 6.47. The second-order valence-electron chi connectivity index (χ2n) is 8.88. The molecule has 0 amide bonds. The second kappa shape index (κ2) is 11.8. The fraction of sp³-hybridized carbons (Fsp3) is 0.560. The van der Waals surface area contributed by atoms with Crippen molar-refractivity contribution < 1.29 is 13.9 Å². The van der Waals surface area contributed by atoms with E-state index in [0.29, 0.717) is 18.7 Å². The molecule has 1 unspecified atom stereocenters. The molecule has 32 heavy (non-hydrogen) atoms. The van der Waals surface area contributed by atoms with Crippen LogP contribution in [0, 0.1) is 17.2 Å². The zero-order chi connectivity index (χ0) is 23.7. The van der Waals surface area contributed by atoms with Gasteiger partial charge >= 0.3 is 11.7 Å². The van der Waals surface area contributed by atoms with Gasteiger partial charge in [0.25, 0.3) is 5.56 Å². The van der Waals surface area contributed by atoms with E-state index in [2.05, 4.69) is 25.8 Å². The summed E-state index contributed by atoms with van der Waals surface area (Å²) in [6.45, 7) is 8.99.